The van der Waals surface area contributed by atoms with Gasteiger partial charge in [-0.1, -0.05) is 49.6 Å². The first kappa shape index (κ1) is 12.4. The van der Waals surface area contributed by atoms with Crippen LogP contribution in [-0.2, 0) is 22.4 Å². The quantitative estimate of drug-likeness (QED) is 0.459. The molecule has 2 nitrogen and oxygen atoms in total. The maximum atomic E-state index is 11.2. The Labute approximate surface area is 107 Å². The first-order chi connectivity index (χ1) is 8.74. The number of rotatable bonds is 4. The van der Waals surface area contributed by atoms with Gasteiger partial charge in [0, 0.05) is 18.9 Å². The van der Waals surface area contributed by atoms with Crippen LogP contribution in [-0.4, -0.2) is 12.1 Å². The summed E-state index contributed by atoms with van der Waals surface area (Å²) in [6, 6.07) is 6.18. The Bertz CT molecular complexity index is 512. The summed E-state index contributed by atoms with van der Waals surface area (Å²) in [5.41, 5.74) is 3.69. The monoisotopic (exact) mass is 240 g/mol. The predicted octanol–water partition coefficient (Wildman–Crippen LogP) is 3.08. The van der Waals surface area contributed by atoms with E-state index in [2.05, 4.69) is 25.3 Å². The molecule has 0 bridgehead atoms. The molecule has 0 heterocycles. The fourth-order valence-corrected chi connectivity index (χ4v) is 2.26. The zero-order valence-electron chi connectivity index (χ0n) is 10.3. The van der Waals surface area contributed by atoms with Crippen LogP contribution < -0.4 is 0 Å². The number of benzene rings is 1. The molecule has 0 saturated heterocycles. The van der Waals surface area contributed by atoms with Crippen molar-refractivity contribution in [3.63, 3.8) is 0 Å². The molecular formula is C16H16O2. The summed E-state index contributed by atoms with van der Waals surface area (Å²) >= 11 is 0. The van der Waals surface area contributed by atoms with E-state index in [0.29, 0.717) is 0 Å². The van der Waals surface area contributed by atoms with Gasteiger partial charge >= 0.3 is 5.97 Å². The molecule has 0 radical (unpaired) electrons. The predicted molar refractivity (Wildman–Crippen MR) is 73.2 cm³/mol. The standard InChI is InChI=1S/C16H16O2/c1-3-5-7-12-8-6-9-13-10-14(11-15(12)13)18-16(17)4-2/h3-9,14H,1-2,10-11H2/b7-5-. The Hall–Kier alpha value is -2.09. The van der Waals surface area contributed by atoms with Gasteiger partial charge < -0.3 is 4.74 Å². The molecule has 0 amide bonds. The van der Waals surface area contributed by atoms with E-state index in [1.54, 1.807) is 6.08 Å². The third-order valence-corrected chi connectivity index (χ3v) is 3.05. The minimum absolute atomic E-state index is 0.0659. The summed E-state index contributed by atoms with van der Waals surface area (Å²) in [5, 5.41) is 0. The van der Waals surface area contributed by atoms with Crippen molar-refractivity contribution in [2.75, 3.05) is 0 Å². The Morgan fingerprint density at radius 2 is 2.17 bits per heavy atom. The van der Waals surface area contributed by atoms with E-state index in [1.807, 2.05) is 18.2 Å². The van der Waals surface area contributed by atoms with Crippen LogP contribution in [0.3, 0.4) is 0 Å². The molecule has 92 valence electrons. The Morgan fingerprint density at radius 1 is 1.33 bits per heavy atom. The highest BCUT2D eigenvalue weighted by Crippen LogP contribution is 2.28. The Kier molecular flexibility index (Phi) is 3.78. The molecular weight excluding hydrogens is 224 g/mol. The molecule has 2 rings (SSSR count). The number of fused-ring (bicyclic) bond motifs is 1. The molecule has 2 heteroatoms. The van der Waals surface area contributed by atoms with Gasteiger partial charge in [0.1, 0.15) is 6.10 Å². The van der Waals surface area contributed by atoms with Crippen LogP contribution in [0.4, 0.5) is 0 Å². The van der Waals surface area contributed by atoms with Crippen molar-refractivity contribution < 1.29 is 9.53 Å². The molecule has 0 aromatic heterocycles. The van der Waals surface area contributed by atoms with E-state index in [0.717, 1.165) is 12.8 Å². The van der Waals surface area contributed by atoms with Gasteiger partial charge in [0.15, 0.2) is 0 Å². The third kappa shape index (κ3) is 2.59. The summed E-state index contributed by atoms with van der Waals surface area (Å²) in [4.78, 5) is 11.2. The van der Waals surface area contributed by atoms with E-state index in [9.17, 15) is 4.79 Å². The van der Waals surface area contributed by atoms with Gasteiger partial charge in [-0.15, -0.1) is 0 Å². The van der Waals surface area contributed by atoms with Gasteiger partial charge in [0.25, 0.3) is 0 Å². The maximum Gasteiger partial charge on any atom is 0.330 e. The highest BCUT2D eigenvalue weighted by Gasteiger charge is 2.25. The molecule has 1 aromatic rings. The van der Waals surface area contributed by atoms with Crippen molar-refractivity contribution in [1.29, 1.82) is 0 Å². The van der Waals surface area contributed by atoms with Gasteiger partial charge in [0.05, 0.1) is 0 Å². The first-order valence-corrected chi connectivity index (χ1v) is 5.97. The number of carbonyl (C=O) groups is 1. The van der Waals surface area contributed by atoms with Crippen LogP contribution in [0, 0.1) is 0 Å². The fraction of sp³-hybridized carbons (Fsp3) is 0.188. The lowest BCUT2D eigenvalue weighted by atomic mass is 10.0. The second-order valence-electron chi connectivity index (χ2n) is 4.25. The Morgan fingerprint density at radius 3 is 2.89 bits per heavy atom. The molecule has 1 aliphatic carbocycles. The van der Waals surface area contributed by atoms with Crippen molar-refractivity contribution in [3.05, 3.63) is 66.3 Å². The average Bonchev–Trinajstić information content (AvgIpc) is 2.78. The maximum absolute atomic E-state index is 11.2. The molecule has 18 heavy (non-hydrogen) atoms. The molecule has 1 unspecified atom stereocenters. The van der Waals surface area contributed by atoms with Crippen molar-refractivity contribution in [3.8, 4) is 0 Å². The molecule has 0 saturated carbocycles. The van der Waals surface area contributed by atoms with Crippen molar-refractivity contribution in [2.24, 2.45) is 0 Å². The molecule has 0 N–H and O–H groups in total. The molecule has 0 fully saturated rings. The van der Waals surface area contributed by atoms with Crippen LogP contribution in [0.5, 0.6) is 0 Å². The van der Waals surface area contributed by atoms with Gasteiger partial charge in [-0.3, -0.25) is 0 Å². The number of hydrogen-bond donors (Lipinski definition) is 0. The molecule has 0 aliphatic heterocycles. The number of allylic oxidation sites excluding steroid dienone is 2. The van der Waals surface area contributed by atoms with Crippen LogP contribution in [0.1, 0.15) is 16.7 Å². The SMILES string of the molecule is C=C/C=C\c1cccc2c1CC(OC(=O)C=C)C2. The van der Waals surface area contributed by atoms with Crippen molar-refractivity contribution in [1.82, 2.24) is 0 Å². The topological polar surface area (TPSA) is 26.3 Å². The highest BCUT2D eigenvalue weighted by molar-refractivity contribution is 5.81. The van der Waals surface area contributed by atoms with Gasteiger partial charge in [-0.25, -0.2) is 4.79 Å². The zero-order valence-corrected chi connectivity index (χ0v) is 10.3. The minimum atomic E-state index is -0.351. The number of carbonyl (C=O) groups excluding carboxylic acids is 1. The lowest BCUT2D eigenvalue weighted by molar-refractivity contribution is -0.142. The smallest absolute Gasteiger partial charge is 0.330 e. The minimum Gasteiger partial charge on any atom is -0.459 e. The number of hydrogen-bond acceptors (Lipinski definition) is 2. The van der Waals surface area contributed by atoms with Crippen molar-refractivity contribution in [2.45, 2.75) is 18.9 Å². The third-order valence-electron chi connectivity index (χ3n) is 3.05. The summed E-state index contributed by atoms with van der Waals surface area (Å²) in [6.45, 7) is 7.08. The summed E-state index contributed by atoms with van der Waals surface area (Å²) < 4.78 is 5.30. The van der Waals surface area contributed by atoms with E-state index in [4.69, 9.17) is 4.74 Å². The second kappa shape index (κ2) is 5.50. The lowest BCUT2D eigenvalue weighted by Crippen LogP contribution is -2.16. The fourth-order valence-electron chi connectivity index (χ4n) is 2.26. The van der Waals surface area contributed by atoms with Gasteiger partial charge in [0.2, 0.25) is 0 Å². The van der Waals surface area contributed by atoms with Crippen LogP contribution in [0.25, 0.3) is 6.08 Å². The van der Waals surface area contributed by atoms with Gasteiger partial charge in [-0.2, -0.15) is 0 Å². The van der Waals surface area contributed by atoms with E-state index in [-0.39, 0.29) is 12.1 Å². The average molecular weight is 240 g/mol. The lowest BCUT2D eigenvalue weighted by Gasteiger charge is -2.08. The Balaban J connectivity index is 2.18. The highest BCUT2D eigenvalue weighted by atomic mass is 16.5. The second-order valence-corrected chi connectivity index (χ2v) is 4.25. The molecule has 1 aliphatic rings. The van der Waals surface area contributed by atoms with Crippen LogP contribution in [0.15, 0.2) is 49.6 Å². The zero-order chi connectivity index (χ0) is 13.0. The normalized spacial score (nSPS) is 17.4. The van der Waals surface area contributed by atoms with E-state index < -0.39 is 0 Å². The molecule has 1 aromatic carbocycles. The summed E-state index contributed by atoms with van der Waals surface area (Å²) in [5.74, 6) is -0.351. The summed E-state index contributed by atoms with van der Waals surface area (Å²) in [7, 11) is 0. The molecule has 1 atom stereocenters. The first-order valence-electron chi connectivity index (χ1n) is 5.97. The number of esters is 1. The number of ether oxygens (including phenoxy) is 1. The van der Waals surface area contributed by atoms with Gasteiger partial charge in [-0.05, 0) is 16.7 Å². The molecule has 0 spiro atoms. The van der Waals surface area contributed by atoms with Crippen LogP contribution in [0.2, 0.25) is 0 Å². The van der Waals surface area contributed by atoms with E-state index in [1.165, 1.54) is 22.8 Å². The van der Waals surface area contributed by atoms with Crippen molar-refractivity contribution >= 4 is 12.0 Å². The van der Waals surface area contributed by atoms with Crippen LogP contribution >= 0.6 is 0 Å². The summed E-state index contributed by atoms with van der Waals surface area (Å²) in [6.07, 6.45) is 8.40. The largest absolute Gasteiger partial charge is 0.459 e. The van der Waals surface area contributed by atoms with E-state index >= 15 is 0 Å².